The zero-order valence-corrected chi connectivity index (χ0v) is 13.2. The number of hydrogen-bond acceptors (Lipinski definition) is 6. The highest BCUT2D eigenvalue weighted by atomic mass is 32.1. The fourth-order valence-electron chi connectivity index (χ4n) is 2.25. The first kappa shape index (κ1) is 17.1. The van der Waals surface area contributed by atoms with E-state index in [0.29, 0.717) is 6.07 Å². The summed E-state index contributed by atoms with van der Waals surface area (Å²) >= 11 is 0.830. The number of benzene rings is 1. The first-order valence-corrected chi connectivity index (χ1v) is 7.79. The van der Waals surface area contributed by atoms with Crippen LogP contribution in [0.3, 0.4) is 0 Å². The Morgan fingerprint density at radius 3 is 2.64 bits per heavy atom. The molecule has 0 bridgehead atoms. The number of aromatic hydroxyl groups is 1. The summed E-state index contributed by atoms with van der Waals surface area (Å²) in [5.41, 5.74) is -2.46. The second kappa shape index (κ2) is 6.28. The van der Waals surface area contributed by atoms with Crippen LogP contribution in [0.15, 0.2) is 43.7 Å². The molecule has 0 radical (unpaired) electrons. The maximum absolute atomic E-state index is 13.0. The summed E-state index contributed by atoms with van der Waals surface area (Å²) in [5.74, 6) is -0.0318. The number of nitrogens with zero attached hydrogens (tertiary/aromatic N) is 1. The molecule has 0 unspecified atom stereocenters. The standard InChI is InChI=1S/C15H10F3NO5S/c16-15(17,18)10-6-13(21)24-11-5-8(1-2-9(10)11)23-4-3-19-12(20)7-25-14(19)22/h1-2,5-7,20H,3-4H2. The van der Waals surface area contributed by atoms with Crippen molar-refractivity contribution < 1.29 is 27.4 Å². The minimum atomic E-state index is -4.69. The van der Waals surface area contributed by atoms with E-state index in [4.69, 9.17) is 9.15 Å². The average molecular weight is 373 g/mol. The van der Waals surface area contributed by atoms with Crippen molar-refractivity contribution in [1.29, 1.82) is 0 Å². The molecule has 0 fully saturated rings. The van der Waals surface area contributed by atoms with Gasteiger partial charge in [-0.25, -0.2) is 4.79 Å². The Balaban J connectivity index is 1.84. The molecule has 0 aliphatic carbocycles. The molecule has 25 heavy (non-hydrogen) atoms. The maximum Gasteiger partial charge on any atom is 0.417 e. The van der Waals surface area contributed by atoms with Gasteiger partial charge in [-0.2, -0.15) is 13.2 Å². The van der Waals surface area contributed by atoms with E-state index in [1.807, 2.05) is 0 Å². The number of rotatable bonds is 4. The third-order valence-corrected chi connectivity index (χ3v) is 4.12. The minimum Gasteiger partial charge on any atom is -0.494 e. The molecule has 132 valence electrons. The van der Waals surface area contributed by atoms with E-state index < -0.39 is 17.4 Å². The van der Waals surface area contributed by atoms with Crippen LogP contribution in [0.25, 0.3) is 11.0 Å². The fourth-order valence-corrected chi connectivity index (χ4v) is 2.90. The van der Waals surface area contributed by atoms with Crippen LogP contribution in [-0.4, -0.2) is 16.3 Å². The molecule has 2 aromatic heterocycles. The van der Waals surface area contributed by atoms with E-state index in [-0.39, 0.29) is 40.6 Å². The average Bonchev–Trinajstić information content (AvgIpc) is 2.84. The Labute approximate surface area is 141 Å². The predicted molar refractivity (Wildman–Crippen MR) is 83.2 cm³/mol. The molecule has 0 spiro atoms. The van der Waals surface area contributed by atoms with Crippen LogP contribution >= 0.6 is 11.3 Å². The molecule has 2 heterocycles. The van der Waals surface area contributed by atoms with E-state index in [9.17, 15) is 27.9 Å². The van der Waals surface area contributed by atoms with Gasteiger partial charge in [0.05, 0.1) is 17.5 Å². The SMILES string of the molecule is O=c1cc(C(F)(F)F)c2ccc(OCCn3c(O)csc3=O)cc2o1. The Morgan fingerprint density at radius 2 is 2.00 bits per heavy atom. The summed E-state index contributed by atoms with van der Waals surface area (Å²) < 4.78 is 50.1. The summed E-state index contributed by atoms with van der Waals surface area (Å²) in [6.45, 7) is 0.0393. The Bertz CT molecular complexity index is 1030. The Hall–Kier alpha value is -2.75. The lowest BCUT2D eigenvalue weighted by atomic mass is 10.1. The molecule has 0 aliphatic heterocycles. The van der Waals surface area contributed by atoms with Crippen LogP contribution in [0.1, 0.15) is 5.56 Å². The molecule has 1 N–H and O–H groups in total. The van der Waals surface area contributed by atoms with Crippen molar-refractivity contribution in [3.8, 4) is 11.6 Å². The van der Waals surface area contributed by atoms with Gasteiger partial charge in [-0.1, -0.05) is 11.3 Å². The number of aromatic nitrogens is 1. The van der Waals surface area contributed by atoms with Gasteiger partial charge in [-0.05, 0) is 12.1 Å². The normalized spacial score (nSPS) is 11.8. The summed E-state index contributed by atoms with van der Waals surface area (Å²) in [6.07, 6.45) is -4.69. The summed E-state index contributed by atoms with van der Waals surface area (Å²) in [5, 5.41) is 10.5. The molecule has 1 aromatic carbocycles. The number of hydrogen-bond donors (Lipinski definition) is 1. The molecule has 0 amide bonds. The van der Waals surface area contributed by atoms with E-state index in [1.54, 1.807) is 0 Å². The molecular formula is C15H10F3NO5S. The van der Waals surface area contributed by atoms with Gasteiger partial charge >= 0.3 is 16.7 Å². The third kappa shape index (κ3) is 3.53. The van der Waals surface area contributed by atoms with Crippen LogP contribution in [-0.2, 0) is 12.7 Å². The highest BCUT2D eigenvalue weighted by Crippen LogP contribution is 2.34. The first-order chi connectivity index (χ1) is 11.8. The van der Waals surface area contributed by atoms with Crippen molar-refractivity contribution in [2.24, 2.45) is 0 Å². The van der Waals surface area contributed by atoms with Crippen molar-refractivity contribution in [2.45, 2.75) is 12.7 Å². The lowest BCUT2D eigenvalue weighted by Gasteiger charge is -2.11. The molecule has 0 saturated heterocycles. The van der Waals surface area contributed by atoms with Gasteiger partial charge < -0.3 is 14.3 Å². The lowest BCUT2D eigenvalue weighted by molar-refractivity contribution is -0.136. The van der Waals surface area contributed by atoms with Crippen molar-refractivity contribution in [3.63, 3.8) is 0 Å². The smallest absolute Gasteiger partial charge is 0.417 e. The highest BCUT2D eigenvalue weighted by Gasteiger charge is 2.33. The second-order valence-corrected chi connectivity index (χ2v) is 5.82. The third-order valence-electron chi connectivity index (χ3n) is 3.37. The van der Waals surface area contributed by atoms with Gasteiger partial charge in [0.2, 0.25) is 5.88 Å². The quantitative estimate of drug-likeness (QED) is 0.712. The van der Waals surface area contributed by atoms with Gasteiger partial charge in [-0.3, -0.25) is 9.36 Å². The number of thiazole rings is 1. The number of fused-ring (bicyclic) bond motifs is 1. The molecular weight excluding hydrogens is 363 g/mol. The molecule has 6 nitrogen and oxygen atoms in total. The van der Waals surface area contributed by atoms with Gasteiger partial charge in [0.25, 0.3) is 0 Å². The summed E-state index contributed by atoms with van der Waals surface area (Å²) in [4.78, 5) is 22.4. The lowest BCUT2D eigenvalue weighted by Crippen LogP contribution is -2.17. The van der Waals surface area contributed by atoms with Gasteiger partial charge in [0, 0.05) is 17.5 Å². The summed E-state index contributed by atoms with van der Waals surface area (Å²) in [7, 11) is 0. The van der Waals surface area contributed by atoms with Crippen molar-refractivity contribution in [1.82, 2.24) is 4.57 Å². The molecule has 0 atom stereocenters. The van der Waals surface area contributed by atoms with Crippen LogP contribution in [0, 0.1) is 0 Å². The van der Waals surface area contributed by atoms with Crippen LogP contribution in [0.5, 0.6) is 11.6 Å². The minimum absolute atomic E-state index is 0.0150. The van der Waals surface area contributed by atoms with E-state index in [0.717, 1.165) is 22.0 Å². The molecule has 0 saturated carbocycles. The van der Waals surface area contributed by atoms with Gasteiger partial charge in [-0.15, -0.1) is 0 Å². The van der Waals surface area contributed by atoms with E-state index in [1.165, 1.54) is 17.5 Å². The fraction of sp³-hybridized carbons (Fsp3) is 0.200. The zero-order chi connectivity index (χ0) is 18.2. The highest BCUT2D eigenvalue weighted by molar-refractivity contribution is 7.07. The van der Waals surface area contributed by atoms with Crippen LogP contribution in [0.2, 0.25) is 0 Å². The molecule has 3 aromatic rings. The molecule has 0 aliphatic rings. The van der Waals surface area contributed by atoms with E-state index in [2.05, 4.69) is 0 Å². The Kier molecular flexibility index (Phi) is 4.29. The molecule has 3 rings (SSSR count). The Morgan fingerprint density at radius 1 is 1.24 bits per heavy atom. The first-order valence-electron chi connectivity index (χ1n) is 6.91. The largest absolute Gasteiger partial charge is 0.494 e. The van der Waals surface area contributed by atoms with Gasteiger partial charge in [0.1, 0.15) is 17.9 Å². The number of alkyl halides is 3. The van der Waals surface area contributed by atoms with Crippen molar-refractivity contribution >= 4 is 22.3 Å². The van der Waals surface area contributed by atoms with Crippen molar-refractivity contribution in [3.05, 3.63) is 55.3 Å². The van der Waals surface area contributed by atoms with Crippen molar-refractivity contribution in [2.75, 3.05) is 6.61 Å². The monoisotopic (exact) mass is 373 g/mol. The van der Waals surface area contributed by atoms with Gasteiger partial charge in [0.15, 0.2) is 0 Å². The summed E-state index contributed by atoms with van der Waals surface area (Å²) in [6, 6.07) is 4.01. The number of ether oxygens (including phenoxy) is 1. The maximum atomic E-state index is 13.0. The predicted octanol–water partition coefficient (Wildman–Crippen LogP) is 2.82. The van der Waals surface area contributed by atoms with E-state index >= 15 is 0 Å². The second-order valence-electron chi connectivity index (χ2n) is 4.99. The zero-order valence-electron chi connectivity index (χ0n) is 12.4. The molecule has 10 heteroatoms. The van der Waals surface area contributed by atoms with Crippen LogP contribution < -0.4 is 15.2 Å². The number of halogens is 3. The van der Waals surface area contributed by atoms with Crippen LogP contribution in [0.4, 0.5) is 13.2 Å². The topological polar surface area (TPSA) is 81.7 Å².